The van der Waals surface area contributed by atoms with E-state index in [0.29, 0.717) is 12.1 Å². The normalized spacial score (nSPS) is 12.1. The molecule has 0 aliphatic carbocycles. The summed E-state index contributed by atoms with van der Waals surface area (Å²) >= 11 is 0. The Balaban J connectivity index is 2.47. The maximum Gasteiger partial charge on any atom is 0.252 e. The summed E-state index contributed by atoms with van der Waals surface area (Å²) in [4.78, 5) is 15.2. The number of hydrogen-bond acceptors (Lipinski definition) is 4. The first-order valence-electron chi connectivity index (χ1n) is 4.77. The maximum atomic E-state index is 11.5. The Bertz CT molecular complexity index is 339. The van der Waals surface area contributed by atoms with Crippen LogP contribution in [0.15, 0.2) is 18.5 Å². The molecule has 5 heteroatoms. The molecule has 0 saturated heterocycles. The Morgan fingerprint density at radius 2 is 2.40 bits per heavy atom. The predicted octanol–water partition coefficient (Wildman–Crippen LogP) is 0.254. The van der Waals surface area contributed by atoms with E-state index in [4.69, 9.17) is 10.8 Å². The van der Waals surface area contributed by atoms with Crippen molar-refractivity contribution in [1.29, 1.82) is 0 Å². The fourth-order valence-electron chi connectivity index (χ4n) is 1.07. The second-order valence-electron chi connectivity index (χ2n) is 3.45. The van der Waals surface area contributed by atoms with Gasteiger partial charge in [0.25, 0.3) is 5.91 Å². The van der Waals surface area contributed by atoms with Crippen molar-refractivity contribution in [2.24, 2.45) is 5.73 Å². The fraction of sp³-hybridized carbons (Fsp3) is 0.400. The van der Waals surface area contributed by atoms with E-state index < -0.39 is 0 Å². The van der Waals surface area contributed by atoms with Crippen molar-refractivity contribution in [2.45, 2.75) is 19.4 Å². The summed E-state index contributed by atoms with van der Waals surface area (Å²) in [6, 6.07) is 1.43. The van der Waals surface area contributed by atoms with Gasteiger partial charge in [0.2, 0.25) is 0 Å². The van der Waals surface area contributed by atoms with Crippen LogP contribution in [0.25, 0.3) is 0 Å². The summed E-state index contributed by atoms with van der Waals surface area (Å²) in [5, 5.41) is 11.8. The minimum absolute atomic E-state index is 0.0187. The molecule has 0 fully saturated rings. The van der Waals surface area contributed by atoms with E-state index in [1.807, 2.05) is 6.92 Å². The third-order valence-electron chi connectivity index (χ3n) is 1.87. The molecule has 0 aliphatic rings. The first-order valence-corrected chi connectivity index (χ1v) is 4.77. The molecule has 1 aromatic heterocycles. The molecule has 82 valence electrons. The van der Waals surface area contributed by atoms with Crippen molar-refractivity contribution in [1.82, 2.24) is 10.3 Å². The molecule has 4 N–H and O–H groups in total. The van der Waals surface area contributed by atoms with E-state index in [0.717, 1.165) is 6.42 Å². The lowest BCUT2D eigenvalue weighted by atomic mass is 10.2. The van der Waals surface area contributed by atoms with Gasteiger partial charge in [-0.2, -0.15) is 0 Å². The topological polar surface area (TPSA) is 88.2 Å². The summed E-state index contributed by atoms with van der Waals surface area (Å²) in [6.45, 7) is 2.40. The highest BCUT2D eigenvalue weighted by atomic mass is 16.3. The van der Waals surface area contributed by atoms with Gasteiger partial charge in [0.05, 0.1) is 11.8 Å². The van der Waals surface area contributed by atoms with Crippen molar-refractivity contribution in [2.75, 3.05) is 6.54 Å². The Morgan fingerprint density at radius 1 is 1.67 bits per heavy atom. The van der Waals surface area contributed by atoms with Crippen LogP contribution in [-0.4, -0.2) is 28.6 Å². The van der Waals surface area contributed by atoms with Gasteiger partial charge < -0.3 is 16.2 Å². The quantitative estimate of drug-likeness (QED) is 0.663. The molecule has 0 spiro atoms. The molecule has 5 nitrogen and oxygen atoms in total. The number of hydrogen-bond donors (Lipinski definition) is 3. The maximum absolute atomic E-state index is 11.5. The first-order chi connectivity index (χ1) is 7.09. The Morgan fingerprint density at radius 3 is 3.00 bits per heavy atom. The van der Waals surface area contributed by atoms with E-state index in [-0.39, 0.29) is 17.7 Å². The van der Waals surface area contributed by atoms with Crippen LogP contribution >= 0.6 is 0 Å². The van der Waals surface area contributed by atoms with Crippen molar-refractivity contribution >= 4 is 5.91 Å². The zero-order valence-electron chi connectivity index (χ0n) is 8.60. The van der Waals surface area contributed by atoms with E-state index in [2.05, 4.69) is 10.3 Å². The van der Waals surface area contributed by atoms with E-state index in [1.54, 1.807) is 0 Å². The van der Waals surface area contributed by atoms with Crippen LogP contribution < -0.4 is 11.1 Å². The van der Waals surface area contributed by atoms with Gasteiger partial charge in [-0.15, -0.1) is 0 Å². The number of nitrogens with two attached hydrogens (primary N) is 1. The van der Waals surface area contributed by atoms with E-state index in [1.165, 1.54) is 18.5 Å². The number of aromatic hydroxyl groups is 1. The largest absolute Gasteiger partial charge is 0.506 e. The second kappa shape index (κ2) is 5.31. The van der Waals surface area contributed by atoms with Crippen LogP contribution in [0.1, 0.15) is 23.7 Å². The Kier molecular flexibility index (Phi) is 4.05. The molecule has 1 rings (SSSR count). The predicted molar refractivity (Wildman–Crippen MR) is 56.5 cm³/mol. The summed E-state index contributed by atoms with van der Waals surface area (Å²) in [5.41, 5.74) is 5.88. The lowest BCUT2D eigenvalue weighted by Gasteiger charge is -2.06. The number of carbonyl (C=O) groups excluding carboxylic acids is 1. The second-order valence-corrected chi connectivity index (χ2v) is 3.45. The van der Waals surface area contributed by atoms with Crippen LogP contribution in [0.4, 0.5) is 0 Å². The lowest BCUT2D eigenvalue weighted by Crippen LogP contribution is -2.28. The molecular formula is C10H15N3O2. The molecule has 0 aliphatic heterocycles. The molecule has 0 saturated carbocycles. The molecule has 0 bridgehead atoms. The minimum atomic E-state index is -0.251. The minimum Gasteiger partial charge on any atom is -0.506 e. The molecule has 0 aromatic carbocycles. The number of nitrogens with one attached hydrogen (secondary N) is 1. The van der Waals surface area contributed by atoms with Crippen LogP contribution in [-0.2, 0) is 0 Å². The number of aromatic nitrogens is 1. The van der Waals surface area contributed by atoms with Gasteiger partial charge in [-0.3, -0.25) is 9.78 Å². The van der Waals surface area contributed by atoms with Gasteiger partial charge in [0.1, 0.15) is 5.75 Å². The van der Waals surface area contributed by atoms with Crippen LogP contribution in [0, 0.1) is 0 Å². The van der Waals surface area contributed by atoms with Crippen molar-refractivity contribution in [3.8, 4) is 5.75 Å². The van der Waals surface area contributed by atoms with Crippen LogP contribution in [0.2, 0.25) is 0 Å². The molecular weight excluding hydrogens is 194 g/mol. The first kappa shape index (κ1) is 11.5. The van der Waals surface area contributed by atoms with Gasteiger partial charge in [-0.05, 0) is 19.4 Å². The number of nitrogens with zero attached hydrogens (tertiary/aromatic N) is 1. The highest BCUT2D eigenvalue weighted by Gasteiger charge is 2.06. The van der Waals surface area contributed by atoms with Crippen LogP contribution in [0.5, 0.6) is 5.75 Å². The third-order valence-corrected chi connectivity index (χ3v) is 1.87. The summed E-state index contributed by atoms with van der Waals surface area (Å²) in [5.74, 6) is -0.270. The van der Waals surface area contributed by atoms with Gasteiger partial charge in [0, 0.05) is 18.8 Å². The number of carbonyl (C=O) groups is 1. The Hall–Kier alpha value is -1.62. The monoisotopic (exact) mass is 209 g/mol. The SMILES string of the molecule is CC(N)CCNC(=O)c1cncc(O)c1. The summed E-state index contributed by atoms with van der Waals surface area (Å²) < 4.78 is 0. The summed E-state index contributed by atoms with van der Waals surface area (Å²) in [7, 11) is 0. The molecule has 1 amide bonds. The number of pyridine rings is 1. The average molecular weight is 209 g/mol. The van der Waals surface area contributed by atoms with Crippen LogP contribution in [0.3, 0.4) is 0 Å². The van der Waals surface area contributed by atoms with Crippen molar-refractivity contribution < 1.29 is 9.90 Å². The molecule has 1 aromatic rings. The van der Waals surface area contributed by atoms with E-state index >= 15 is 0 Å². The van der Waals surface area contributed by atoms with Gasteiger partial charge in [0.15, 0.2) is 0 Å². The van der Waals surface area contributed by atoms with Crippen molar-refractivity contribution in [3.63, 3.8) is 0 Å². The fourth-order valence-corrected chi connectivity index (χ4v) is 1.07. The zero-order valence-corrected chi connectivity index (χ0v) is 8.60. The molecule has 1 atom stereocenters. The van der Waals surface area contributed by atoms with E-state index in [9.17, 15) is 4.79 Å². The highest BCUT2D eigenvalue weighted by molar-refractivity contribution is 5.94. The molecule has 1 unspecified atom stereocenters. The Labute approximate surface area is 88.3 Å². The highest BCUT2D eigenvalue weighted by Crippen LogP contribution is 2.07. The zero-order chi connectivity index (χ0) is 11.3. The third kappa shape index (κ3) is 3.95. The van der Waals surface area contributed by atoms with Gasteiger partial charge in [-0.25, -0.2) is 0 Å². The number of rotatable bonds is 4. The summed E-state index contributed by atoms with van der Waals surface area (Å²) in [6.07, 6.45) is 3.40. The lowest BCUT2D eigenvalue weighted by molar-refractivity contribution is 0.0952. The molecule has 15 heavy (non-hydrogen) atoms. The van der Waals surface area contributed by atoms with Crippen molar-refractivity contribution in [3.05, 3.63) is 24.0 Å². The smallest absolute Gasteiger partial charge is 0.252 e. The molecule has 1 heterocycles. The standard InChI is InChI=1S/C10H15N3O2/c1-7(11)2-3-13-10(15)8-4-9(14)6-12-5-8/h4-7,14H,2-3,11H2,1H3,(H,13,15). The van der Waals surface area contributed by atoms with Gasteiger partial charge >= 0.3 is 0 Å². The average Bonchev–Trinajstić information content (AvgIpc) is 2.17. The number of amides is 1. The van der Waals surface area contributed by atoms with Gasteiger partial charge in [-0.1, -0.05) is 0 Å². The molecule has 0 radical (unpaired) electrons.